The second-order valence-corrected chi connectivity index (χ2v) is 4.93. The highest BCUT2D eigenvalue weighted by atomic mass is 35.5. The van der Waals surface area contributed by atoms with Gasteiger partial charge in [0, 0.05) is 29.2 Å². The molecule has 0 spiro atoms. The fourth-order valence-electron chi connectivity index (χ4n) is 1.99. The summed E-state index contributed by atoms with van der Waals surface area (Å²) in [5.74, 6) is 0.722. The Morgan fingerprint density at radius 3 is 2.94 bits per heavy atom. The van der Waals surface area contributed by atoms with Gasteiger partial charge in [0.2, 0.25) is 0 Å². The third-order valence-corrected chi connectivity index (χ3v) is 3.40. The zero-order chi connectivity index (χ0) is 11.8. The normalized spacial score (nSPS) is 15.4. The summed E-state index contributed by atoms with van der Waals surface area (Å²) in [6.45, 7) is 0.888. The minimum Gasteiger partial charge on any atom is -0.495 e. The highest BCUT2D eigenvalue weighted by molar-refractivity contribution is 6.32. The van der Waals surface area contributed by atoms with Gasteiger partial charge in [-0.05, 0) is 31.0 Å². The summed E-state index contributed by atoms with van der Waals surface area (Å²) in [6.07, 6.45) is 2.61. The van der Waals surface area contributed by atoms with Gasteiger partial charge < -0.3 is 15.0 Å². The molecule has 90 valence electrons. The van der Waals surface area contributed by atoms with Gasteiger partial charge >= 0.3 is 0 Å². The maximum atomic E-state index is 6.09. The maximum absolute atomic E-state index is 6.09. The third kappa shape index (κ3) is 2.26. The van der Waals surface area contributed by atoms with Crippen molar-refractivity contribution in [2.45, 2.75) is 25.4 Å². The number of aromatic amines is 1. The maximum Gasteiger partial charge on any atom is 0.138 e. The van der Waals surface area contributed by atoms with Crippen LogP contribution in [-0.4, -0.2) is 18.1 Å². The number of halogens is 1. The first-order chi connectivity index (χ1) is 8.26. The van der Waals surface area contributed by atoms with Gasteiger partial charge in [-0.25, -0.2) is 0 Å². The Morgan fingerprint density at radius 1 is 1.41 bits per heavy atom. The zero-order valence-corrected chi connectivity index (χ0v) is 10.5. The molecule has 3 rings (SSSR count). The van der Waals surface area contributed by atoms with Crippen molar-refractivity contribution in [2.24, 2.45) is 0 Å². The van der Waals surface area contributed by atoms with Crippen molar-refractivity contribution >= 4 is 22.5 Å². The summed E-state index contributed by atoms with van der Waals surface area (Å²) in [4.78, 5) is 3.37. The number of aromatic nitrogens is 1. The largest absolute Gasteiger partial charge is 0.495 e. The number of ether oxygens (including phenoxy) is 1. The van der Waals surface area contributed by atoms with Gasteiger partial charge in [0.1, 0.15) is 5.75 Å². The number of hydrogen-bond acceptors (Lipinski definition) is 2. The Kier molecular flexibility index (Phi) is 2.73. The van der Waals surface area contributed by atoms with E-state index in [1.165, 1.54) is 18.5 Å². The molecule has 1 aliphatic carbocycles. The van der Waals surface area contributed by atoms with Crippen LogP contribution in [0.2, 0.25) is 5.02 Å². The Bertz CT molecular complexity index is 546. The van der Waals surface area contributed by atoms with Crippen molar-refractivity contribution in [1.29, 1.82) is 0 Å². The van der Waals surface area contributed by atoms with Crippen molar-refractivity contribution in [3.8, 4) is 5.75 Å². The lowest BCUT2D eigenvalue weighted by Crippen LogP contribution is -2.15. The number of methoxy groups -OCH3 is 1. The topological polar surface area (TPSA) is 37.0 Å². The van der Waals surface area contributed by atoms with Crippen LogP contribution in [0.15, 0.2) is 18.2 Å². The van der Waals surface area contributed by atoms with E-state index in [1.54, 1.807) is 7.11 Å². The van der Waals surface area contributed by atoms with Crippen LogP contribution >= 0.6 is 11.6 Å². The molecule has 0 bridgehead atoms. The minimum absolute atomic E-state index is 0.642. The summed E-state index contributed by atoms with van der Waals surface area (Å²) in [5, 5.41) is 5.26. The van der Waals surface area contributed by atoms with Crippen LogP contribution in [0.4, 0.5) is 0 Å². The minimum atomic E-state index is 0.642. The molecule has 2 N–H and O–H groups in total. The second kappa shape index (κ2) is 4.24. The van der Waals surface area contributed by atoms with Crippen molar-refractivity contribution in [3.05, 3.63) is 28.9 Å². The summed E-state index contributed by atoms with van der Waals surface area (Å²) in [7, 11) is 1.63. The number of nitrogens with one attached hydrogen (secondary N) is 2. The molecule has 17 heavy (non-hydrogen) atoms. The van der Waals surface area contributed by atoms with E-state index in [1.807, 2.05) is 12.1 Å². The first-order valence-corrected chi connectivity index (χ1v) is 6.22. The molecular weight excluding hydrogens is 236 g/mol. The highest BCUT2D eigenvalue weighted by Gasteiger charge is 2.20. The van der Waals surface area contributed by atoms with Crippen LogP contribution in [0, 0.1) is 0 Å². The molecule has 0 unspecified atom stereocenters. The first kappa shape index (κ1) is 10.9. The smallest absolute Gasteiger partial charge is 0.138 e. The van der Waals surface area contributed by atoms with Gasteiger partial charge in [0.05, 0.1) is 12.1 Å². The van der Waals surface area contributed by atoms with Crippen LogP contribution in [0.1, 0.15) is 18.5 Å². The van der Waals surface area contributed by atoms with Gasteiger partial charge in [-0.1, -0.05) is 11.6 Å². The SMILES string of the molecule is COc1cc2cc(CNC3CC3)[nH]c2cc1Cl. The zero-order valence-electron chi connectivity index (χ0n) is 9.72. The Hall–Kier alpha value is -1.19. The van der Waals surface area contributed by atoms with E-state index in [4.69, 9.17) is 16.3 Å². The van der Waals surface area contributed by atoms with Crippen LogP contribution in [0.5, 0.6) is 5.75 Å². The van der Waals surface area contributed by atoms with Gasteiger partial charge in [-0.3, -0.25) is 0 Å². The van der Waals surface area contributed by atoms with Crippen LogP contribution in [0.25, 0.3) is 10.9 Å². The van der Waals surface area contributed by atoms with Gasteiger partial charge in [0.25, 0.3) is 0 Å². The van der Waals surface area contributed by atoms with Crippen molar-refractivity contribution in [1.82, 2.24) is 10.3 Å². The molecule has 1 fully saturated rings. The van der Waals surface area contributed by atoms with Gasteiger partial charge in [-0.2, -0.15) is 0 Å². The fraction of sp³-hybridized carbons (Fsp3) is 0.385. The summed E-state index contributed by atoms with van der Waals surface area (Å²) in [5.41, 5.74) is 2.25. The van der Waals surface area contributed by atoms with E-state index in [0.29, 0.717) is 5.02 Å². The number of hydrogen-bond donors (Lipinski definition) is 2. The number of rotatable bonds is 4. The highest BCUT2D eigenvalue weighted by Crippen LogP contribution is 2.30. The molecule has 1 saturated carbocycles. The molecule has 1 aromatic heterocycles. The average Bonchev–Trinajstić information content (AvgIpc) is 3.06. The molecule has 0 saturated heterocycles. The average molecular weight is 251 g/mol. The molecule has 1 aromatic carbocycles. The summed E-state index contributed by atoms with van der Waals surface area (Å²) < 4.78 is 5.21. The Balaban J connectivity index is 1.88. The van der Waals surface area contributed by atoms with E-state index >= 15 is 0 Å². The molecule has 3 nitrogen and oxygen atoms in total. The van der Waals surface area contributed by atoms with Crippen molar-refractivity contribution in [3.63, 3.8) is 0 Å². The molecule has 0 radical (unpaired) electrons. The predicted molar refractivity (Wildman–Crippen MR) is 69.7 cm³/mol. The third-order valence-electron chi connectivity index (χ3n) is 3.11. The van der Waals surface area contributed by atoms with E-state index in [0.717, 1.165) is 29.2 Å². The van der Waals surface area contributed by atoms with E-state index in [-0.39, 0.29) is 0 Å². The molecule has 0 atom stereocenters. The van der Waals surface area contributed by atoms with Crippen molar-refractivity contribution in [2.75, 3.05) is 7.11 Å². The van der Waals surface area contributed by atoms with E-state index in [9.17, 15) is 0 Å². The predicted octanol–water partition coefficient (Wildman–Crippen LogP) is 3.08. The van der Waals surface area contributed by atoms with Gasteiger partial charge in [0.15, 0.2) is 0 Å². The number of benzene rings is 1. The molecule has 4 heteroatoms. The summed E-state index contributed by atoms with van der Waals surface area (Å²) in [6, 6.07) is 6.74. The number of fused-ring (bicyclic) bond motifs is 1. The summed E-state index contributed by atoms with van der Waals surface area (Å²) >= 11 is 6.09. The van der Waals surface area contributed by atoms with Crippen molar-refractivity contribution < 1.29 is 4.74 Å². The molecule has 1 heterocycles. The fourth-order valence-corrected chi connectivity index (χ4v) is 2.23. The standard InChI is InChI=1S/C13H15ClN2O/c1-17-13-5-8-4-10(7-15-9-2-3-9)16-12(8)6-11(13)14/h4-6,9,15-16H,2-3,7H2,1H3. The Labute approximate surface area is 105 Å². The lowest BCUT2D eigenvalue weighted by Gasteiger charge is -2.01. The van der Waals surface area contributed by atoms with Gasteiger partial charge in [-0.15, -0.1) is 0 Å². The lowest BCUT2D eigenvalue weighted by atomic mass is 10.2. The van der Waals surface area contributed by atoms with Crippen LogP contribution in [0.3, 0.4) is 0 Å². The first-order valence-electron chi connectivity index (χ1n) is 5.85. The Morgan fingerprint density at radius 2 is 2.24 bits per heavy atom. The molecule has 0 amide bonds. The quantitative estimate of drug-likeness (QED) is 0.875. The lowest BCUT2D eigenvalue weighted by molar-refractivity contribution is 0.415. The number of H-pyrrole nitrogens is 1. The van der Waals surface area contributed by atoms with Crippen LogP contribution < -0.4 is 10.1 Å². The van der Waals surface area contributed by atoms with E-state index < -0.39 is 0 Å². The molecule has 2 aromatic rings. The molecule has 0 aliphatic heterocycles. The molecular formula is C13H15ClN2O. The molecule has 1 aliphatic rings. The van der Waals surface area contributed by atoms with E-state index in [2.05, 4.69) is 16.4 Å². The van der Waals surface area contributed by atoms with Crippen LogP contribution in [-0.2, 0) is 6.54 Å². The second-order valence-electron chi connectivity index (χ2n) is 4.52. The monoisotopic (exact) mass is 250 g/mol.